The fourth-order valence-electron chi connectivity index (χ4n) is 1.97. The first-order chi connectivity index (χ1) is 6.11. The summed E-state index contributed by atoms with van der Waals surface area (Å²) in [7, 11) is 5.35. The maximum absolute atomic E-state index is 11.5. The van der Waals surface area contributed by atoms with Crippen LogP contribution in [0.15, 0.2) is 0 Å². The summed E-state index contributed by atoms with van der Waals surface area (Å²) in [5.41, 5.74) is 0. The Kier molecular flexibility index (Phi) is 3.27. The third kappa shape index (κ3) is 1.84. The molecular formula is C9H18N2O2. The molecule has 1 N–H and O–H groups in total. The second-order valence-electron chi connectivity index (χ2n) is 3.62. The monoisotopic (exact) mass is 186 g/mol. The summed E-state index contributed by atoms with van der Waals surface area (Å²) in [4.78, 5) is 13.6. The van der Waals surface area contributed by atoms with Gasteiger partial charge in [0, 0.05) is 18.6 Å². The number of rotatable bonds is 2. The summed E-state index contributed by atoms with van der Waals surface area (Å²) < 4.78 is 4.78. The zero-order valence-corrected chi connectivity index (χ0v) is 8.70. The SMILES string of the molecule is CNC1CN(C)C(C)C1C(=O)OC. The van der Waals surface area contributed by atoms with E-state index in [4.69, 9.17) is 4.74 Å². The molecule has 4 heteroatoms. The van der Waals surface area contributed by atoms with Crippen LogP contribution in [-0.4, -0.2) is 50.7 Å². The molecule has 0 aromatic rings. The molecule has 0 aromatic heterocycles. The zero-order chi connectivity index (χ0) is 10.0. The minimum absolute atomic E-state index is 0.0417. The van der Waals surface area contributed by atoms with Gasteiger partial charge in [0.2, 0.25) is 0 Å². The topological polar surface area (TPSA) is 41.6 Å². The quantitative estimate of drug-likeness (QED) is 0.601. The molecule has 0 aromatic carbocycles. The number of hydrogen-bond donors (Lipinski definition) is 1. The lowest BCUT2D eigenvalue weighted by atomic mass is 9.98. The van der Waals surface area contributed by atoms with Crippen LogP contribution in [0.2, 0.25) is 0 Å². The first-order valence-electron chi connectivity index (χ1n) is 4.57. The molecule has 1 aliphatic rings. The highest BCUT2D eigenvalue weighted by atomic mass is 16.5. The van der Waals surface area contributed by atoms with Gasteiger partial charge < -0.3 is 15.0 Å². The minimum atomic E-state index is -0.115. The molecule has 0 bridgehead atoms. The second kappa shape index (κ2) is 4.07. The highest BCUT2D eigenvalue weighted by molar-refractivity contribution is 5.74. The third-order valence-corrected chi connectivity index (χ3v) is 2.98. The number of methoxy groups -OCH3 is 1. The first kappa shape index (κ1) is 10.5. The fraction of sp³-hybridized carbons (Fsp3) is 0.889. The second-order valence-corrected chi connectivity index (χ2v) is 3.62. The van der Waals surface area contributed by atoms with E-state index in [9.17, 15) is 4.79 Å². The van der Waals surface area contributed by atoms with Crippen molar-refractivity contribution in [2.24, 2.45) is 5.92 Å². The Hall–Kier alpha value is -0.610. The number of carbonyl (C=O) groups is 1. The molecule has 3 atom stereocenters. The third-order valence-electron chi connectivity index (χ3n) is 2.98. The van der Waals surface area contributed by atoms with E-state index in [0.717, 1.165) is 6.54 Å². The van der Waals surface area contributed by atoms with Gasteiger partial charge in [0.1, 0.15) is 0 Å². The standard InChI is InChI=1S/C9H18N2O2/c1-6-8(9(12)13-4)7(10-2)5-11(6)3/h6-8,10H,5H2,1-4H3. The number of nitrogens with one attached hydrogen (secondary N) is 1. The molecule has 0 amide bonds. The summed E-state index contributed by atoms with van der Waals surface area (Å²) in [6, 6.07) is 0.470. The molecule has 3 unspecified atom stereocenters. The van der Waals surface area contributed by atoms with Gasteiger partial charge in [-0.3, -0.25) is 4.79 Å². The lowest BCUT2D eigenvalue weighted by Gasteiger charge is -2.19. The number of carbonyl (C=O) groups excluding carboxylic acids is 1. The van der Waals surface area contributed by atoms with Crippen LogP contribution in [0.25, 0.3) is 0 Å². The molecule has 1 heterocycles. The summed E-state index contributed by atoms with van der Waals surface area (Å²) in [6.07, 6.45) is 0. The Morgan fingerprint density at radius 2 is 2.23 bits per heavy atom. The molecule has 1 rings (SSSR count). The van der Waals surface area contributed by atoms with Gasteiger partial charge >= 0.3 is 5.97 Å². The summed E-state index contributed by atoms with van der Waals surface area (Å²) in [6.45, 7) is 2.95. The van der Waals surface area contributed by atoms with Crippen LogP contribution in [0.5, 0.6) is 0 Å². The number of esters is 1. The maximum Gasteiger partial charge on any atom is 0.311 e. The molecule has 0 saturated carbocycles. The molecule has 0 spiro atoms. The summed E-state index contributed by atoms with van der Waals surface area (Å²) >= 11 is 0. The van der Waals surface area contributed by atoms with Crippen molar-refractivity contribution in [1.82, 2.24) is 10.2 Å². The number of likely N-dealkylation sites (N-methyl/N-ethyl adjacent to an activating group) is 2. The molecule has 1 aliphatic heterocycles. The van der Waals surface area contributed by atoms with E-state index in [1.54, 1.807) is 0 Å². The average molecular weight is 186 g/mol. The molecule has 0 radical (unpaired) electrons. The van der Waals surface area contributed by atoms with Crippen molar-refractivity contribution in [3.05, 3.63) is 0 Å². The molecule has 1 fully saturated rings. The zero-order valence-electron chi connectivity index (χ0n) is 8.70. The van der Waals surface area contributed by atoms with Crippen molar-refractivity contribution in [3.63, 3.8) is 0 Å². The number of hydrogen-bond acceptors (Lipinski definition) is 4. The van der Waals surface area contributed by atoms with Crippen LogP contribution in [0.3, 0.4) is 0 Å². The molecular weight excluding hydrogens is 168 g/mol. The van der Waals surface area contributed by atoms with E-state index in [0.29, 0.717) is 0 Å². The maximum atomic E-state index is 11.5. The van der Waals surface area contributed by atoms with Crippen LogP contribution < -0.4 is 5.32 Å². The van der Waals surface area contributed by atoms with Crippen molar-refractivity contribution in [2.45, 2.75) is 19.0 Å². The van der Waals surface area contributed by atoms with Gasteiger partial charge in [-0.15, -0.1) is 0 Å². The van der Waals surface area contributed by atoms with Gasteiger partial charge in [0.25, 0.3) is 0 Å². The average Bonchev–Trinajstić information content (AvgIpc) is 2.42. The highest BCUT2D eigenvalue weighted by Gasteiger charge is 2.41. The predicted octanol–water partition coefficient (Wildman–Crippen LogP) is -0.302. The van der Waals surface area contributed by atoms with Crippen LogP contribution in [0.1, 0.15) is 6.92 Å². The van der Waals surface area contributed by atoms with E-state index in [-0.39, 0.29) is 24.0 Å². The van der Waals surface area contributed by atoms with Crippen molar-refractivity contribution < 1.29 is 9.53 Å². The van der Waals surface area contributed by atoms with E-state index in [1.807, 2.05) is 14.1 Å². The highest BCUT2D eigenvalue weighted by Crippen LogP contribution is 2.23. The molecule has 0 aliphatic carbocycles. The number of likely N-dealkylation sites (tertiary alicyclic amines) is 1. The number of nitrogens with zero attached hydrogens (tertiary/aromatic N) is 1. The molecule has 1 saturated heterocycles. The first-order valence-corrected chi connectivity index (χ1v) is 4.57. The van der Waals surface area contributed by atoms with Gasteiger partial charge in [0.05, 0.1) is 13.0 Å². The van der Waals surface area contributed by atoms with Gasteiger partial charge in [-0.05, 0) is 21.0 Å². The van der Waals surface area contributed by atoms with Crippen molar-refractivity contribution >= 4 is 5.97 Å². The summed E-state index contributed by atoms with van der Waals surface area (Å²) in [5.74, 6) is -0.156. The normalized spacial score (nSPS) is 34.9. The molecule has 13 heavy (non-hydrogen) atoms. The van der Waals surface area contributed by atoms with E-state index in [2.05, 4.69) is 17.1 Å². The van der Waals surface area contributed by atoms with Gasteiger partial charge in [-0.2, -0.15) is 0 Å². The van der Waals surface area contributed by atoms with E-state index >= 15 is 0 Å². The van der Waals surface area contributed by atoms with Gasteiger partial charge in [-0.1, -0.05) is 0 Å². The Labute approximate surface area is 79.2 Å². The predicted molar refractivity (Wildman–Crippen MR) is 50.4 cm³/mol. The summed E-state index contributed by atoms with van der Waals surface area (Å²) in [5, 5.41) is 3.15. The van der Waals surface area contributed by atoms with Crippen LogP contribution >= 0.6 is 0 Å². The van der Waals surface area contributed by atoms with Gasteiger partial charge in [0.15, 0.2) is 0 Å². The van der Waals surface area contributed by atoms with Crippen LogP contribution in [-0.2, 0) is 9.53 Å². The Morgan fingerprint density at radius 3 is 2.69 bits per heavy atom. The van der Waals surface area contributed by atoms with Crippen molar-refractivity contribution in [2.75, 3.05) is 27.7 Å². The van der Waals surface area contributed by atoms with Crippen LogP contribution in [0.4, 0.5) is 0 Å². The fourth-order valence-corrected chi connectivity index (χ4v) is 1.97. The lowest BCUT2D eigenvalue weighted by molar-refractivity contribution is -0.146. The van der Waals surface area contributed by atoms with Crippen LogP contribution in [0, 0.1) is 5.92 Å². The lowest BCUT2D eigenvalue weighted by Crippen LogP contribution is -2.39. The smallest absolute Gasteiger partial charge is 0.311 e. The van der Waals surface area contributed by atoms with E-state index in [1.165, 1.54) is 7.11 Å². The molecule has 76 valence electrons. The van der Waals surface area contributed by atoms with Gasteiger partial charge in [-0.25, -0.2) is 0 Å². The van der Waals surface area contributed by atoms with Crippen molar-refractivity contribution in [3.8, 4) is 0 Å². The Bertz CT molecular complexity index is 196. The molecule has 4 nitrogen and oxygen atoms in total. The van der Waals surface area contributed by atoms with Crippen molar-refractivity contribution in [1.29, 1.82) is 0 Å². The largest absolute Gasteiger partial charge is 0.469 e. The Balaban J connectivity index is 2.73. The Morgan fingerprint density at radius 1 is 1.62 bits per heavy atom. The number of ether oxygens (including phenoxy) is 1. The minimum Gasteiger partial charge on any atom is -0.469 e. The van der Waals surface area contributed by atoms with E-state index < -0.39 is 0 Å².